The number of amides is 1. The molecule has 0 aliphatic rings. The summed E-state index contributed by atoms with van der Waals surface area (Å²) in [5.41, 5.74) is 2.08. The molecule has 0 fully saturated rings. The van der Waals surface area contributed by atoms with Crippen molar-refractivity contribution in [1.29, 1.82) is 0 Å². The van der Waals surface area contributed by atoms with E-state index in [9.17, 15) is 4.79 Å². The number of hydrogen-bond donors (Lipinski definition) is 1. The normalized spacial score (nSPS) is 10.7. The highest BCUT2D eigenvalue weighted by Gasteiger charge is 2.14. The van der Waals surface area contributed by atoms with Gasteiger partial charge in [-0.25, -0.2) is 0 Å². The van der Waals surface area contributed by atoms with Gasteiger partial charge in [-0.05, 0) is 52.4 Å². The average molecular weight is 536 g/mol. The first-order valence-electron chi connectivity index (χ1n) is 8.98. The number of anilines is 1. The molecule has 0 unspecified atom stereocenters. The standard InChI is InChI=1S/C21H21IN4OS2/c1-2-12-26-19(14-28-13-16-6-4-3-5-7-16)24-25-21(26)29-15-20(27)23-18-10-8-17(22)9-11-18/h2-11H,1,12-15H2,(H,23,27). The largest absolute Gasteiger partial charge is 0.325 e. The van der Waals surface area contributed by atoms with Crippen LogP contribution in [0.5, 0.6) is 0 Å². The number of rotatable bonds is 10. The lowest BCUT2D eigenvalue weighted by Gasteiger charge is -2.08. The summed E-state index contributed by atoms with van der Waals surface area (Å²) in [6.07, 6.45) is 1.82. The van der Waals surface area contributed by atoms with Crippen LogP contribution in [0.25, 0.3) is 0 Å². The first-order valence-corrected chi connectivity index (χ1v) is 12.2. The lowest BCUT2D eigenvalue weighted by atomic mass is 10.2. The fraction of sp³-hybridized carbons (Fsp3) is 0.190. The van der Waals surface area contributed by atoms with E-state index in [0.717, 1.165) is 31.7 Å². The van der Waals surface area contributed by atoms with E-state index in [-0.39, 0.29) is 11.7 Å². The number of hydrogen-bond acceptors (Lipinski definition) is 5. The quantitative estimate of drug-likeness (QED) is 0.219. The number of allylic oxidation sites excluding steroid dienone is 1. The summed E-state index contributed by atoms with van der Waals surface area (Å²) < 4.78 is 3.15. The number of aromatic nitrogens is 3. The summed E-state index contributed by atoms with van der Waals surface area (Å²) in [4.78, 5) is 12.3. The van der Waals surface area contributed by atoms with Gasteiger partial charge in [0, 0.05) is 21.6 Å². The number of carbonyl (C=O) groups excluding carboxylic acids is 1. The van der Waals surface area contributed by atoms with Gasteiger partial charge >= 0.3 is 0 Å². The lowest BCUT2D eigenvalue weighted by molar-refractivity contribution is -0.113. The minimum Gasteiger partial charge on any atom is -0.325 e. The highest BCUT2D eigenvalue weighted by atomic mass is 127. The molecule has 1 amide bonds. The Morgan fingerprint density at radius 1 is 1.10 bits per heavy atom. The van der Waals surface area contributed by atoms with E-state index in [0.29, 0.717) is 6.54 Å². The van der Waals surface area contributed by atoms with Crippen molar-refractivity contribution in [2.24, 2.45) is 0 Å². The maximum Gasteiger partial charge on any atom is 0.234 e. The second-order valence-corrected chi connectivity index (χ2v) is 9.29. The van der Waals surface area contributed by atoms with Crippen molar-refractivity contribution in [3.8, 4) is 0 Å². The summed E-state index contributed by atoms with van der Waals surface area (Å²) in [6, 6.07) is 18.1. The number of carbonyl (C=O) groups is 1. The van der Waals surface area contributed by atoms with Crippen LogP contribution >= 0.6 is 46.1 Å². The molecule has 1 heterocycles. The SMILES string of the molecule is C=CCn1c(CSCc2ccccc2)nnc1SCC(=O)Nc1ccc(I)cc1. The molecule has 0 radical (unpaired) electrons. The number of benzene rings is 2. The van der Waals surface area contributed by atoms with Crippen molar-refractivity contribution < 1.29 is 4.79 Å². The maximum atomic E-state index is 12.3. The maximum absolute atomic E-state index is 12.3. The van der Waals surface area contributed by atoms with Crippen molar-refractivity contribution in [2.75, 3.05) is 11.1 Å². The molecule has 0 aliphatic heterocycles. The molecule has 0 bridgehead atoms. The fourth-order valence-corrected chi connectivity index (χ4v) is 4.59. The van der Waals surface area contributed by atoms with Crippen LogP contribution < -0.4 is 5.32 Å². The summed E-state index contributed by atoms with van der Waals surface area (Å²) in [5.74, 6) is 2.78. The lowest BCUT2D eigenvalue weighted by Crippen LogP contribution is -2.14. The Morgan fingerprint density at radius 3 is 2.59 bits per heavy atom. The Balaban J connectivity index is 1.55. The summed E-state index contributed by atoms with van der Waals surface area (Å²) in [5, 5.41) is 12.3. The van der Waals surface area contributed by atoms with Gasteiger partial charge in [0.15, 0.2) is 5.16 Å². The van der Waals surface area contributed by atoms with Crippen molar-refractivity contribution in [2.45, 2.75) is 23.2 Å². The number of thioether (sulfide) groups is 2. The smallest absolute Gasteiger partial charge is 0.234 e. The molecule has 29 heavy (non-hydrogen) atoms. The van der Waals surface area contributed by atoms with Crippen LogP contribution in [0.15, 0.2) is 72.4 Å². The van der Waals surface area contributed by atoms with Crippen LogP contribution in [-0.4, -0.2) is 26.4 Å². The predicted octanol–water partition coefficient (Wildman–Crippen LogP) is 5.23. The van der Waals surface area contributed by atoms with Crippen molar-refractivity contribution in [3.05, 3.63) is 82.2 Å². The first kappa shape index (κ1) is 21.9. The minimum atomic E-state index is -0.0654. The van der Waals surface area contributed by atoms with Crippen LogP contribution in [0.3, 0.4) is 0 Å². The van der Waals surface area contributed by atoms with E-state index in [1.807, 2.05) is 53.1 Å². The van der Waals surface area contributed by atoms with Gasteiger partial charge in [0.05, 0.1) is 11.5 Å². The molecule has 3 aromatic rings. The van der Waals surface area contributed by atoms with Crippen LogP contribution in [0.2, 0.25) is 0 Å². The van der Waals surface area contributed by atoms with Gasteiger partial charge in [-0.15, -0.1) is 28.5 Å². The van der Waals surface area contributed by atoms with Gasteiger partial charge in [-0.1, -0.05) is 48.2 Å². The minimum absolute atomic E-state index is 0.0654. The van der Waals surface area contributed by atoms with E-state index in [1.54, 1.807) is 11.8 Å². The monoisotopic (exact) mass is 536 g/mol. The second-order valence-electron chi connectivity index (χ2n) is 6.12. The Kier molecular flexibility index (Phi) is 8.63. The molecule has 1 aromatic heterocycles. The van der Waals surface area contributed by atoms with Gasteiger partial charge in [-0.2, -0.15) is 0 Å². The molecule has 5 nitrogen and oxygen atoms in total. The molecule has 3 rings (SSSR count). The molecular weight excluding hydrogens is 515 g/mol. The van der Waals surface area contributed by atoms with Crippen molar-refractivity contribution in [3.63, 3.8) is 0 Å². The molecule has 1 N–H and O–H groups in total. The highest BCUT2D eigenvalue weighted by molar-refractivity contribution is 14.1. The van der Waals surface area contributed by atoms with E-state index in [2.05, 4.69) is 56.8 Å². The second kappa shape index (κ2) is 11.4. The van der Waals surface area contributed by atoms with Crippen LogP contribution in [-0.2, 0) is 22.8 Å². The van der Waals surface area contributed by atoms with E-state index in [4.69, 9.17) is 0 Å². The molecule has 0 saturated carbocycles. The molecule has 2 aromatic carbocycles. The van der Waals surface area contributed by atoms with Crippen molar-refractivity contribution >= 4 is 57.7 Å². The number of halogens is 1. The number of nitrogens with one attached hydrogen (secondary N) is 1. The zero-order valence-electron chi connectivity index (χ0n) is 15.8. The summed E-state index contributed by atoms with van der Waals surface area (Å²) >= 11 is 5.42. The van der Waals surface area contributed by atoms with Crippen LogP contribution in [0.4, 0.5) is 5.69 Å². The molecule has 0 spiro atoms. The fourth-order valence-electron chi connectivity index (χ4n) is 2.54. The van der Waals surface area contributed by atoms with Gasteiger partial charge in [0.1, 0.15) is 5.82 Å². The molecule has 0 atom stereocenters. The van der Waals surface area contributed by atoms with E-state index < -0.39 is 0 Å². The molecular formula is C21H21IN4OS2. The van der Waals surface area contributed by atoms with Gasteiger partial charge < -0.3 is 9.88 Å². The Bertz CT molecular complexity index is 945. The molecule has 0 saturated heterocycles. The third-order valence-corrected chi connectivity index (χ3v) is 6.59. The zero-order chi connectivity index (χ0) is 20.5. The summed E-state index contributed by atoms with van der Waals surface area (Å²) in [6.45, 7) is 4.45. The van der Waals surface area contributed by atoms with Crippen LogP contribution in [0, 0.1) is 3.57 Å². The van der Waals surface area contributed by atoms with E-state index >= 15 is 0 Å². The predicted molar refractivity (Wildman–Crippen MR) is 130 cm³/mol. The van der Waals surface area contributed by atoms with Gasteiger partial charge in [0.25, 0.3) is 0 Å². The third-order valence-electron chi connectivity index (χ3n) is 3.91. The Morgan fingerprint density at radius 2 is 1.86 bits per heavy atom. The molecule has 8 heteroatoms. The van der Waals surface area contributed by atoms with Gasteiger partial charge in [-0.3, -0.25) is 4.79 Å². The van der Waals surface area contributed by atoms with Crippen molar-refractivity contribution in [1.82, 2.24) is 14.8 Å². The van der Waals surface area contributed by atoms with E-state index in [1.165, 1.54) is 17.3 Å². The zero-order valence-corrected chi connectivity index (χ0v) is 19.5. The molecule has 0 aliphatic carbocycles. The summed E-state index contributed by atoms with van der Waals surface area (Å²) in [7, 11) is 0. The number of nitrogens with zero attached hydrogens (tertiary/aromatic N) is 3. The van der Waals surface area contributed by atoms with Gasteiger partial charge in [0.2, 0.25) is 5.91 Å². The molecule has 150 valence electrons. The average Bonchev–Trinajstić information content (AvgIpc) is 3.11. The Hall–Kier alpha value is -1.78. The Labute approximate surface area is 192 Å². The highest BCUT2D eigenvalue weighted by Crippen LogP contribution is 2.22. The third kappa shape index (κ3) is 6.90. The first-order chi connectivity index (χ1) is 14.2. The van der Waals surface area contributed by atoms with Crippen LogP contribution in [0.1, 0.15) is 11.4 Å². The topological polar surface area (TPSA) is 59.8 Å².